The molecule has 1 aliphatic heterocycles. The smallest absolute Gasteiger partial charge is 0.0844 e. The first kappa shape index (κ1) is 12.4. The second-order valence-electron chi connectivity index (χ2n) is 5.35. The largest absolute Gasteiger partial charge is 0.381 e. The van der Waals surface area contributed by atoms with Crippen LogP contribution < -0.4 is 0 Å². The van der Waals surface area contributed by atoms with Gasteiger partial charge in [-0.3, -0.25) is 0 Å². The molecule has 0 spiro atoms. The Morgan fingerprint density at radius 1 is 1.06 bits per heavy atom. The van der Waals surface area contributed by atoms with Gasteiger partial charge in [0.15, 0.2) is 0 Å². The van der Waals surface area contributed by atoms with Crippen LogP contribution in [0.1, 0.15) is 58.3 Å². The van der Waals surface area contributed by atoms with E-state index in [1.54, 1.807) is 0 Å². The summed E-state index contributed by atoms with van der Waals surface area (Å²) < 4.78 is 11.2. The summed E-state index contributed by atoms with van der Waals surface area (Å²) in [7, 11) is 0. The molecule has 0 aromatic heterocycles. The summed E-state index contributed by atoms with van der Waals surface area (Å²) in [6.45, 7) is 4.16. The zero-order valence-electron chi connectivity index (χ0n) is 10.6. The van der Waals surface area contributed by atoms with Crippen molar-refractivity contribution in [2.45, 2.75) is 70.5 Å². The zero-order valence-corrected chi connectivity index (χ0v) is 10.6. The fourth-order valence-corrected chi connectivity index (χ4v) is 2.78. The van der Waals surface area contributed by atoms with Crippen LogP contribution in [0.4, 0.5) is 0 Å². The van der Waals surface area contributed by atoms with Crippen molar-refractivity contribution in [1.82, 2.24) is 0 Å². The lowest BCUT2D eigenvalue weighted by Gasteiger charge is -2.18. The van der Waals surface area contributed by atoms with Gasteiger partial charge < -0.3 is 9.47 Å². The second kappa shape index (κ2) is 6.61. The van der Waals surface area contributed by atoms with Crippen molar-refractivity contribution < 1.29 is 9.47 Å². The summed E-state index contributed by atoms with van der Waals surface area (Å²) >= 11 is 0. The molecular formula is C14H26O2. The van der Waals surface area contributed by atoms with Gasteiger partial charge in [0.1, 0.15) is 0 Å². The van der Waals surface area contributed by atoms with Gasteiger partial charge in [0, 0.05) is 13.2 Å². The summed E-state index contributed by atoms with van der Waals surface area (Å²) in [5, 5.41) is 0. The third-order valence-electron chi connectivity index (χ3n) is 3.91. The van der Waals surface area contributed by atoms with Gasteiger partial charge in [0.2, 0.25) is 0 Å². The van der Waals surface area contributed by atoms with Gasteiger partial charge in [-0.05, 0) is 44.4 Å². The Balaban J connectivity index is 1.39. The molecule has 2 nitrogen and oxygen atoms in total. The van der Waals surface area contributed by atoms with Gasteiger partial charge >= 0.3 is 0 Å². The first-order valence-corrected chi connectivity index (χ1v) is 7.13. The van der Waals surface area contributed by atoms with Gasteiger partial charge in [-0.15, -0.1) is 0 Å². The van der Waals surface area contributed by atoms with Gasteiger partial charge in [-0.1, -0.05) is 19.8 Å². The Bertz CT molecular complexity index is 193. The van der Waals surface area contributed by atoms with E-state index in [1.165, 1.54) is 51.4 Å². The first-order chi connectivity index (χ1) is 7.90. The highest BCUT2D eigenvalue weighted by Gasteiger charge is 2.43. The number of ether oxygens (including phenoxy) is 2. The Hall–Kier alpha value is -0.0800. The Morgan fingerprint density at radius 3 is 2.75 bits per heavy atom. The zero-order chi connectivity index (χ0) is 11.2. The predicted octanol–water partition coefficient (Wildman–Crippen LogP) is 3.54. The molecule has 3 atom stereocenters. The molecule has 16 heavy (non-hydrogen) atoms. The standard InChI is InChI=1S/C14H26O2/c1-2-3-4-9-15-10-5-6-12-7-8-13-14(11-12)16-13/h12-14H,2-11H2,1H3. The molecule has 0 radical (unpaired) electrons. The number of unbranched alkanes of at least 4 members (excludes halogenated alkanes) is 2. The molecule has 2 aliphatic rings. The third kappa shape index (κ3) is 4.06. The molecule has 1 saturated heterocycles. The van der Waals surface area contributed by atoms with E-state index in [0.717, 1.165) is 19.1 Å². The molecule has 0 N–H and O–H groups in total. The topological polar surface area (TPSA) is 21.8 Å². The monoisotopic (exact) mass is 226 g/mol. The van der Waals surface area contributed by atoms with Crippen molar-refractivity contribution in [3.63, 3.8) is 0 Å². The fraction of sp³-hybridized carbons (Fsp3) is 1.00. The minimum Gasteiger partial charge on any atom is -0.381 e. The fourth-order valence-electron chi connectivity index (χ4n) is 2.78. The molecule has 1 saturated carbocycles. The Kier molecular flexibility index (Phi) is 5.11. The maximum Gasteiger partial charge on any atom is 0.0844 e. The van der Waals surface area contributed by atoms with Crippen LogP contribution in [0.3, 0.4) is 0 Å². The van der Waals surface area contributed by atoms with E-state index >= 15 is 0 Å². The highest BCUT2D eigenvalue weighted by molar-refractivity contribution is 4.91. The lowest BCUT2D eigenvalue weighted by molar-refractivity contribution is 0.121. The van der Waals surface area contributed by atoms with E-state index < -0.39 is 0 Å². The molecule has 2 rings (SSSR count). The highest BCUT2D eigenvalue weighted by atomic mass is 16.6. The molecule has 2 fully saturated rings. The molecule has 94 valence electrons. The van der Waals surface area contributed by atoms with E-state index in [2.05, 4.69) is 6.92 Å². The molecule has 0 aromatic rings. The summed E-state index contributed by atoms with van der Waals surface area (Å²) in [6.07, 6.45) is 11.7. The van der Waals surface area contributed by atoms with E-state index in [4.69, 9.17) is 9.47 Å². The van der Waals surface area contributed by atoms with Crippen molar-refractivity contribution >= 4 is 0 Å². The minimum absolute atomic E-state index is 0.643. The number of epoxide rings is 1. The maximum absolute atomic E-state index is 5.63. The van der Waals surface area contributed by atoms with Crippen molar-refractivity contribution in [3.8, 4) is 0 Å². The number of hydrogen-bond acceptors (Lipinski definition) is 2. The summed E-state index contributed by atoms with van der Waals surface area (Å²) in [5.74, 6) is 0.919. The molecule has 3 unspecified atom stereocenters. The molecule has 2 heteroatoms. The van der Waals surface area contributed by atoms with Crippen LogP contribution in [0.5, 0.6) is 0 Å². The Labute approximate surface area is 99.7 Å². The van der Waals surface area contributed by atoms with Gasteiger partial charge in [-0.2, -0.15) is 0 Å². The van der Waals surface area contributed by atoms with Crippen LogP contribution >= 0.6 is 0 Å². The van der Waals surface area contributed by atoms with Crippen molar-refractivity contribution in [3.05, 3.63) is 0 Å². The van der Waals surface area contributed by atoms with Crippen LogP contribution in [0.15, 0.2) is 0 Å². The SMILES string of the molecule is CCCCCOCCCC1CCC2OC2C1. The van der Waals surface area contributed by atoms with E-state index in [1.807, 2.05) is 0 Å². The molecule has 0 aromatic carbocycles. The van der Waals surface area contributed by atoms with E-state index in [0.29, 0.717) is 12.2 Å². The van der Waals surface area contributed by atoms with E-state index in [-0.39, 0.29) is 0 Å². The molecular weight excluding hydrogens is 200 g/mol. The molecule has 1 aliphatic carbocycles. The highest BCUT2D eigenvalue weighted by Crippen LogP contribution is 2.40. The van der Waals surface area contributed by atoms with Crippen LogP contribution in [0.25, 0.3) is 0 Å². The summed E-state index contributed by atoms with van der Waals surface area (Å²) in [5.41, 5.74) is 0. The quantitative estimate of drug-likeness (QED) is 0.466. The third-order valence-corrected chi connectivity index (χ3v) is 3.91. The van der Waals surface area contributed by atoms with Crippen LogP contribution in [0, 0.1) is 5.92 Å². The van der Waals surface area contributed by atoms with Crippen molar-refractivity contribution in [1.29, 1.82) is 0 Å². The summed E-state index contributed by atoms with van der Waals surface area (Å²) in [4.78, 5) is 0. The predicted molar refractivity (Wildman–Crippen MR) is 65.6 cm³/mol. The molecule has 0 bridgehead atoms. The maximum atomic E-state index is 5.63. The van der Waals surface area contributed by atoms with Crippen molar-refractivity contribution in [2.24, 2.45) is 5.92 Å². The van der Waals surface area contributed by atoms with Gasteiger partial charge in [0.05, 0.1) is 12.2 Å². The molecule has 1 heterocycles. The Morgan fingerprint density at radius 2 is 1.94 bits per heavy atom. The van der Waals surface area contributed by atoms with Crippen molar-refractivity contribution in [2.75, 3.05) is 13.2 Å². The van der Waals surface area contributed by atoms with Gasteiger partial charge in [-0.25, -0.2) is 0 Å². The number of hydrogen-bond donors (Lipinski definition) is 0. The average molecular weight is 226 g/mol. The van der Waals surface area contributed by atoms with Gasteiger partial charge in [0.25, 0.3) is 0 Å². The number of fused-ring (bicyclic) bond motifs is 1. The summed E-state index contributed by atoms with van der Waals surface area (Å²) in [6, 6.07) is 0. The van der Waals surface area contributed by atoms with Crippen LogP contribution in [0.2, 0.25) is 0 Å². The number of rotatable bonds is 8. The molecule has 0 amide bonds. The lowest BCUT2D eigenvalue weighted by Crippen LogP contribution is -2.14. The first-order valence-electron chi connectivity index (χ1n) is 7.13. The average Bonchev–Trinajstić information content (AvgIpc) is 3.06. The second-order valence-corrected chi connectivity index (χ2v) is 5.35. The van der Waals surface area contributed by atoms with E-state index in [9.17, 15) is 0 Å². The normalized spacial score (nSPS) is 32.4. The minimum atomic E-state index is 0.643. The lowest BCUT2D eigenvalue weighted by atomic mass is 9.86. The van der Waals surface area contributed by atoms with Crippen LogP contribution in [-0.2, 0) is 9.47 Å². The van der Waals surface area contributed by atoms with Crippen LogP contribution in [-0.4, -0.2) is 25.4 Å².